The molecule has 0 aliphatic rings. The summed E-state index contributed by atoms with van der Waals surface area (Å²) in [5.41, 5.74) is -1.25. The molecule has 0 saturated heterocycles. The van der Waals surface area contributed by atoms with Gasteiger partial charge < -0.3 is 10.4 Å². The van der Waals surface area contributed by atoms with Crippen molar-refractivity contribution in [3.8, 4) is 0 Å². The summed E-state index contributed by atoms with van der Waals surface area (Å²) in [5, 5.41) is 29.8. The van der Waals surface area contributed by atoms with Crippen molar-refractivity contribution in [3.05, 3.63) is 63.2 Å². The molecule has 10 heteroatoms. The smallest absolute Gasteiger partial charge is 0.272 e. The first-order chi connectivity index (χ1) is 11.5. The van der Waals surface area contributed by atoms with E-state index in [4.69, 9.17) is 16.7 Å². The highest BCUT2D eigenvalue weighted by atomic mass is 35.5. The fraction of sp³-hybridized carbons (Fsp3) is 0.200. The molecule has 1 atom stereocenters. The maximum Gasteiger partial charge on any atom is 0.272 e. The Balaban J connectivity index is 2.33. The second-order valence-electron chi connectivity index (χ2n) is 5.62. The first-order valence-electron chi connectivity index (χ1n) is 7.04. The molecule has 1 unspecified atom stereocenters. The Bertz CT molecular complexity index is 915. The number of anilines is 1. The number of hydrogen-bond acceptors (Lipinski definition) is 6. The third-order valence-corrected chi connectivity index (χ3v) is 4.74. The van der Waals surface area contributed by atoms with E-state index in [1.54, 1.807) is 24.3 Å². The van der Waals surface area contributed by atoms with Gasteiger partial charge in [0.15, 0.2) is 0 Å². The maximum atomic E-state index is 11.5. The van der Waals surface area contributed by atoms with Gasteiger partial charge >= 0.3 is 0 Å². The van der Waals surface area contributed by atoms with Gasteiger partial charge in [0, 0.05) is 35.0 Å². The first kappa shape index (κ1) is 19.1. The van der Waals surface area contributed by atoms with Crippen molar-refractivity contribution in [2.45, 2.75) is 17.4 Å². The van der Waals surface area contributed by atoms with Crippen LogP contribution in [0.2, 0.25) is 5.02 Å². The summed E-state index contributed by atoms with van der Waals surface area (Å²) in [6, 6.07) is 9.87. The number of benzene rings is 2. The molecule has 0 radical (unpaired) electrons. The van der Waals surface area contributed by atoms with Crippen LogP contribution in [-0.4, -0.2) is 25.0 Å². The van der Waals surface area contributed by atoms with Crippen molar-refractivity contribution in [1.29, 1.82) is 0 Å². The molecule has 0 aliphatic heterocycles. The van der Waals surface area contributed by atoms with Crippen molar-refractivity contribution in [2.24, 2.45) is 5.14 Å². The van der Waals surface area contributed by atoms with E-state index in [-0.39, 0.29) is 12.2 Å². The molecule has 4 N–H and O–H groups in total. The third kappa shape index (κ3) is 4.67. The molecule has 2 rings (SSSR count). The second-order valence-corrected chi connectivity index (χ2v) is 7.59. The summed E-state index contributed by atoms with van der Waals surface area (Å²) in [4.78, 5) is 9.84. The number of nitro benzene ring substituents is 1. The van der Waals surface area contributed by atoms with Gasteiger partial charge in [0.05, 0.1) is 9.82 Å². The standard InChI is InChI=1S/C15H16ClN3O5S/c1-15(20,13-4-2-3-5-14(13)16)9-18-10-6-11(19(21)22)8-12(7-10)25(17,23)24/h2-8,18,20H,9H2,1H3,(H2,17,23,24). The summed E-state index contributed by atoms with van der Waals surface area (Å²) in [6.45, 7) is 1.45. The SMILES string of the molecule is CC(O)(CNc1cc([N+](=O)[O-])cc(S(N)(=O)=O)c1)c1ccccc1Cl. The Morgan fingerprint density at radius 3 is 2.52 bits per heavy atom. The normalized spacial score (nSPS) is 13.9. The topological polar surface area (TPSA) is 136 Å². The van der Waals surface area contributed by atoms with Crippen LogP contribution in [-0.2, 0) is 15.6 Å². The van der Waals surface area contributed by atoms with Crippen molar-refractivity contribution in [2.75, 3.05) is 11.9 Å². The van der Waals surface area contributed by atoms with E-state index in [0.717, 1.165) is 18.2 Å². The number of nitrogens with one attached hydrogen (secondary N) is 1. The molecule has 134 valence electrons. The summed E-state index contributed by atoms with van der Waals surface area (Å²) in [5.74, 6) is 0. The first-order valence-corrected chi connectivity index (χ1v) is 8.97. The quantitative estimate of drug-likeness (QED) is 0.515. The minimum Gasteiger partial charge on any atom is -0.384 e. The van der Waals surface area contributed by atoms with Crippen LogP contribution < -0.4 is 10.5 Å². The van der Waals surface area contributed by atoms with Gasteiger partial charge in [-0.3, -0.25) is 10.1 Å². The highest BCUT2D eigenvalue weighted by molar-refractivity contribution is 7.89. The highest BCUT2D eigenvalue weighted by Crippen LogP contribution is 2.29. The van der Waals surface area contributed by atoms with E-state index in [2.05, 4.69) is 5.32 Å². The summed E-state index contributed by atoms with van der Waals surface area (Å²) in [7, 11) is -4.12. The average molecular weight is 386 g/mol. The van der Waals surface area contributed by atoms with Crippen LogP contribution >= 0.6 is 11.6 Å². The van der Waals surface area contributed by atoms with E-state index < -0.39 is 31.1 Å². The van der Waals surface area contributed by atoms with Gasteiger partial charge in [-0.1, -0.05) is 29.8 Å². The van der Waals surface area contributed by atoms with Crippen molar-refractivity contribution >= 4 is 33.0 Å². The number of aliphatic hydroxyl groups is 1. The summed E-state index contributed by atoms with van der Waals surface area (Å²) < 4.78 is 23.0. The minimum atomic E-state index is -4.12. The monoisotopic (exact) mass is 385 g/mol. The molecule has 0 bridgehead atoms. The van der Waals surface area contributed by atoms with Crippen LogP contribution in [0, 0.1) is 10.1 Å². The molecule has 0 saturated carbocycles. The van der Waals surface area contributed by atoms with E-state index >= 15 is 0 Å². The van der Waals surface area contributed by atoms with Crippen LogP contribution in [0.5, 0.6) is 0 Å². The number of hydrogen-bond donors (Lipinski definition) is 3. The van der Waals surface area contributed by atoms with Crippen molar-refractivity contribution < 1.29 is 18.4 Å². The van der Waals surface area contributed by atoms with E-state index in [0.29, 0.717) is 10.6 Å². The van der Waals surface area contributed by atoms with Crippen LogP contribution in [0.3, 0.4) is 0 Å². The van der Waals surface area contributed by atoms with Crippen molar-refractivity contribution in [1.82, 2.24) is 0 Å². The van der Waals surface area contributed by atoms with Gasteiger partial charge in [-0.15, -0.1) is 0 Å². The van der Waals surface area contributed by atoms with Gasteiger partial charge in [-0.25, -0.2) is 13.6 Å². The molecule has 0 heterocycles. The lowest BCUT2D eigenvalue weighted by Crippen LogP contribution is -2.31. The van der Waals surface area contributed by atoms with Crippen LogP contribution in [0.4, 0.5) is 11.4 Å². The Kier molecular flexibility index (Phi) is 5.33. The molecule has 0 spiro atoms. The lowest BCUT2D eigenvalue weighted by atomic mass is 9.96. The second kappa shape index (κ2) is 6.96. The maximum absolute atomic E-state index is 11.5. The largest absolute Gasteiger partial charge is 0.384 e. The van der Waals surface area contributed by atoms with Gasteiger partial charge in [0.2, 0.25) is 10.0 Å². The molecule has 0 amide bonds. The lowest BCUT2D eigenvalue weighted by Gasteiger charge is -2.26. The Morgan fingerprint density at radius 2 is 1.96 bits per heavy atom. The minimum absolute atomic E-state index is 0.0675. The predicted octanol–water partition coefficient (Wildman–Crippen LogP) is 2.22. The third-order valence-electron chi connectivity index (χ3n) is 3.52. The number of rotatable bonds is 6. The molecular weight excluding hydrogens is 370 g/mol. The highest BCUT2D eigenvalue weighted by Gasteiger charge is 2.26. The Morgan fingerprint density at radius 1 is 1.32 bits per heavy atom. The lowest BCUT2D eigenvalue weighted by molar-refractivity contribution is -0.385. The number of non-ortho nitro benzene ring substituents is 1. The summed E-state index contributed by atoms with van der Waals surface area (Å²) in [6.07, 6.45) is 0. The van der Waals surface area contributed by atoms with Gasteiger partial charge in [0.1, 0.15) is 5.60 Å². The molecule has 25 heavy (non-hydrogen) atoms. The molecular formula is C15H16ClN3O5S. The zero-order valence-electron chi connectivity index (χ0n) is 13.1. The van der Waals surface area contributed by atoms with E-state index in [1.165, 1.54) is 6.92 Å². The fourth-order valence-corrected chi connectivity index (χ4v) is 3.14. The number of nitrogens with two attached hydrogens (primary N) is 1. The Labute approximate surface area is 149 Å². The zero-order chi connectivity index (χ0) is 18.8. The molecule has 8 nitrogen and oxygen atoms in total. The zero-order valence-corrected chi connectivity index (χ0v) is 14.7. The van der Waals surface area contributed by atoms with Gasteiger partial charge in [0.25, 0.3) is 5.69 Å². The van der Waals surface area contributed by atoms with Gasteiger partial charge in [-0.2, -0.15) is 0 Å². The molecule has 0 aromatic heterocycles. The number of primary sulfonamides is 1. The average Bonchev–Trinajstić information content (AvgIpc) is 2.52. The van der Waals surface area contributed by atoms with E-state index in [1.807, 2.05) is 0 Å². The van der Waals surface area contributed by atoms with Crippen LogP contribution in [0.1, 0.15) is 12.5 Å². The number of halogens is 1. The predicted molar refractivity (Wildman–Crippen MR) is 94.0 cm³/mol. The van der Waals surface area contributed by atoms with Crippen LogP contribution in [0.15, 0.2) is 47.4 Å². The molecule has 2 aromatic rings. The van der Waals surface area contributed by atoms with Gasteiger partial charge in [-0.05, 0) is 19.1 Å². The van der Waals surface area contributed by atoms with Crippen molar-refractivity contribution in [3.63, 3.8) is 0 Å². The number of sulfonamides is 1. The fourth-order valence-electron chi connectivity index (χ4n) is 2.22. The summed E-state index contributed by atoms with van der Waals surface area (Å²) >= 11 is 6.07. The van der Waals surface area contributed by atoms with Crippen LogP contribution in [0.25, 0.3) is 0 Å². The number of nitrogens with zero attached hydrogens (tertiary/aromatic N) is 1. The Hall–Kier alpha value is -2.20. The molecule has 0 fully saturated rings. The van der Waals surface area contributed by atoms with E-state index in [9.17, 15) is 23.6 Å². The molecule has 0 aliphatic carbocycles. The number of nitro groups is 1. The molecule has 2 aromatic carbocycles.